The van der Waals surface area contributed by atoms with Crippen molar-refractivity contribution in [1.29, 1.82) is 0 Å². The Bertz CT molecular complexity index is 399. The second-order valence-corrected chi connectivity index (χ2v) is 4.78. The molecule has 0 aliphatic carbocycles. The zero-order chi connectivity index (χ0) is 13.4. The minimum atomic E-state index is -1.00. The maximum absolute atomic E-state index is 12.9. The van der Waals surface area contributed by atoms with E-state index in [1.807, 2.05) is 0 Å². The van der Waals surface area contributed by atoms with E-state index in [1.165, 1.54) is 6.07 Å². The summed E-state index contributed by atoms with van der Waals surface area (Å²) in [5, 5.41) is 3.68. The number of amides is 1. The topological polar surface area (TPSA) is 29.1 Å². The molecule has 1 N–H and O–H groups in total. The maximum Gasteiger partial charge on any atom is 0.251 e. The third-order valence-corrected chi connectivity index (χ3v) is 3.09. The third-order valence-electron chi connectivity index (χ3n) is 2.53. The first kappa shape index (κ1) is 15.1. The molecule has 1 aromatic carbocycles. The first-order valence-electron chi connectivity index (χ1n) is 5.94. The molecule has 0 spiro atoms. The predicted molar refractivity (Wildman–Crippen MR) is 71.0 cm³/mol. The van der Waals surface area contributed by atoms with Crippen molar-refractivity contribution < 1.29 is 13.6 Å². The highest BCUT2D eigenvalue weighted by Crippen LogP contribution is 2.08. The molecule has 0 heterocycles. The number of carbonyl (C=O) groups excluding carboxylic acids is 1. The van der Waals surface area contributed by atoms with E-state index in [0.29, 0.717) is 6.54 Å². The number of alkyl halides is 1. The van der Waals surface area contributed by atoms with Gasteiger partial charge < -0.3 is 5.32 Å². The van der Waals surface area contributed by atoms with Gasteiger partial charge >= 0.3 is 0 Å². The average Bonchev–Trinajstić information content (AvgIpc) is 2.36. The lowest BCUT2D eigenvalue weighted by Gasteiger charge is -2.05. The number of halogens is 3. The molecule has 1 amide bonds. The maximum atomic E-state index is 12.9. The van der Waals surface area contributed by atoms with E-state index >= 15 is 0 Å². The van der Waals surface area contributed by atoms with E-state index in [4.69, 9.17) is 0 Å². The second-order valence-electron chi connectivity index (χ2n) is 3.99. The molecule has 0 saturated heterocycles. The fourth-order valence-corrected chi connectivity index (χ4v) is 1.91. The van der Waals surface area contributed by atoms with Gasteiger partial charge in [-0.2, -0.15) is 0 Å². The van der Waals surface area contributed by atoms with Gasteiger partial charge in [0.05, 0.1) is 0 Å². The number of benzene rings is 1. The molecule has 0 bridgehead atoms. The Morgan fingerprint density at radius 3 is 2.50 bits per heavy atom. The Kier molecular flexibility index (Phi) is 6.86. The van der Waals surface area contributed by atoms with Gasteiger partial charge in [0.1, 0.15) is 0 Å². The summed E-state index contributed by atoms with van der Waals surface area (Å²) in [5.41, 5.74) is 0.148. The van der Waals surface area contributed by atoms with E-state index in [0.717, 1.165) is 43.1 Å². The van der Waals surface area contributed by atoms with Crippen molar-refractivity contribution in [2.45, 2.75) is 25.7 Å². The van der Waals surface area contributed by atoms with Crippen molar-refractivity contribution in [3.8, 4) is 0 Å². The number of unbranched alkanes of at least 4 members (excludes halogenated alkanes) is 3. The number of nitrogens with one attached hydrogen (secondary N) is 1. The highest BCUT2D eigenvalue weighted by atomic mass is 79.9. The molecule has 0 fully saturated rings. The lowest BCUT2D eigenvalue weighted by molar-refractivity contribution is 0.0952. The number of carbonyl (C=O) groups is 1. The van der Waals surface area contributed by atoms with Crippen LogP contribution in [0.25, 0.3) is 0 Å². The van der Waals surface area contributed by atoms with Crippen molar-refractivity contribution >= 4 is 21.8 Å². The average molecular weight is 320 g/mol. The van der Waals surface area contributed by atoms with Gasteiger partial charge in [-0.05, 0) is 31.0 Å². The molecule has 0 atom stereocenters. The van der Waals surface area contributed by atoms with Crippen LogP contribution in [0.3, 0.4) is 0 Å². The molecule has 0 aliphatic rings. The summed E-state index contributed by atoms with van der Waals surface area (Å²) >= 11 is 3.35. The fourth-order valence-electron chi connectivity index (χ4n) is 1.51. The monoisotopic (exact) mass is 319 g/mol. The molecule has 0 aromatic heterocycles. The lowest BCUT2D eigenvalue weighted by atomic mass is 10.2. The van der Waals surface area contributed by atoms with E-state index in [9.17, 15) is 13.6 Å². The van der Waals surface area contributed by atoms with Gasteiger partial charge in [-0.15, -0.1) is 0 Å². The van der Waals surface area contributed by atoms with Gasteiger partial charge in [0.25, 0.3) is 5.91 Å². The Balaban J connectivity index is 2.30. The molecule has 0 unspecified atom stereocenters. The fraction of sp³-hybridized carbons (Fsp3) is 0.462. The zero-order valence-corrected chi connectivity index (χ0v) is 11.6. The van der Waals surface area contributed by atoms with E-state index in [2.05, 4.69) is 21.2 Å². The van der Waals surface area contributed by atoms with Crippen LogP contribution >= 0.6 is 15.9 Å². The van der Waals surface area contributed by atoms with Crippen LogP contribution < -0.4 is 5.32 Å². The predicted octanol–water partition coefficient (Wildman–Crippen LogP) is 3.65. The molecule has 100 valence electrons. The standard InChI is InChI=1S/C13H16BrF2NO/c14-7-3-1-2-4-8-17-13(18)10-5-6-11(15)12(16)9-10/h5-6,9H,1-4,7-8H2,(H,17,18). The molecular weight excluding hydrogens is 304 g/mol. The molecule has 18 heavy (non-hydrogen) atoms. The van der Waals surface area contributed by atoms with Gasteiger partial charge in [0.2, 0.25) is 0 Å². The molecule has 0 saturated carbocycles. The molecular formula is C13H16BrF2NO. The largest absolute Gasteiger partial charge is 0.352 e. The number of hydrogen-bond acceptors (Lipinski definition) is 1. The van der Waals surface area contributed by atoms with Crippen molar-refractivity contribution in [1.82, 2.24) is 5.32 Å². The summed E-state index contributed by atoms with van der Waals surface area (Å²) in [7, 11) is 0. The zero-order valence-electron chi connectivity index (χ0n) is 10.0. The summed E-state index contributed by atoms with van der Waals surface area (Å²) in [6.07, 6.45) is 4.18. The van der Waals surface area contributed by atoms with Crippen molar-refractivity contribution in [3.63, 3.8) is 0 Å². The van der Waals surface area contributed by atoms with E-state index < -0.39 is 11.6 Å². The third kappa shape index (κ3) is 5.12. The Hall–Kier alpha value is -0.970. The summed E-state index contributed by atoms with van der Waals surface area (Å²) in [5.74, 6) is -2.31. The van der Waals surface area contributed by atoms with Crippen LogP contribution in [-0.4, -0.2) is 17.8 Å². The minimum absolute atomic E-state index is 0.148. The summed E-state index contributed by atoms with van der Waals surface area (Å²) < 4.78 is 25.6. The second kappa shape index (κ2) is 8.19. The van der Waals surface area contributed by atoms with Crippen molar-refractivity contribution in [2.24, 2.45) is 0 Å². The summed E-state index contributed by atoms with van der Waals surface area (Å²) in [6.45, 7) is 0.556. The summed E-state index contributed by atoms with van der Waals surface area (Å²) in [4.78, 5) is 11.6. The molecule has 1 rings (SSSR count). The molecule has 0 aliphatic heterocycles. The highest BCUT2D eigenvalue weighted by molar-refractivity contribution is 9.09. The van der Waals surface area contributed by atoms with Crippen LogP contribution in [0.2, 0.25) is 0 Å². The first-order valence-corrected chi connectivity index (χ1v) is 7.06. The Morgan fingerprint density at radius 2 is 1.83 bits per heavy atom. The van der Waals surface area contributed by atoms with Gasteiger partial charge in [-0.3, -0.25) is 4.79 Å². The van der Waals surface area contributed by atoms with Crippen LogP contribution in [0.5, 0.6) is 0 Å². The Morgan fingerprint density at radius 1 is 1.11 bits per heavy atom. The van der Waals surface area contributed by atoms with Crippen LogP contribution in [0.15, 0.2) is 18.2 Å². The van der Waals surface area contributed by atoms with Crippen LogP contribution in [-0.2, 0) is 0 Å². The van der Waals surface area contributed by atoms with Crippen LogP contribution in [0, 0.1) is 11.6 Å². The van der Waals surface area contributed by atoms with E-state index in [1.54, 1.807) is 0 Å². The molecule has 1 aromatic rings. The molecule has 2 nitrogen and oxygen atoms in total. The number of rotatable bonds is 7. The van der Waals surface area contributed by atoms with Gasteiger partial charge in [-0.25, -0.2) is 8.78 Å². The van der Waals surface area contributed by atoms with Crippen molar-refractivity contribution in [3.05, 3.63) is 35.4 Å². The SMILES string of the molecule is O=C(NCCCCCCBr)c1ccc(F)c(F)c1. The van der Waals surface area contributed by atoms with Crippen LogP contribution in [0.1, 0.15) is 36.0 Å². The molecule has 0 radical (unpaired) electrons. The lowest BCUT2D eigenvalue weighted by Crippen LogP contribution is -2.24. The van der Waals surface area contributed by atoms with Gasteiger partial charge in [-0.1, -0.05) is 28.8 Å². The number of hydrogen-bond donors (Lipinski definition) is 1. The van der Waals surface area contributed by atoms with Gasteiger partial charge in [0, 0.05) is 17.4 Å². The first-order chi connectivity index (χ1) is 8.65. The van der Waals surface area contributed by atoms with E-state index in [-0.39, 0.29) is 11.5 Å². The van der Waals surface area contributed by atoms with Crippen LogP contribution in [0.4, 0.5) is 8.78 Å². The smallest absolute Gasteiger partial charge is 0.251 e. The quantitative estimate of drug-likeness (QED) is 0.603. The molecule has 5 heteroatoms. The Labute approximate surface area is 114 Å². The minimum Gasteiger partial charge on any atom is -0.352 e. The normalized spacial score (nSPS) is 10.4. The van der Waals surface area contributed by atoms with Gasteiger partial charge in [0.15, 0.2) is 11.6 Å². The van der Waals surface area contributed by atoms with Crippen molar-refractivity contribution in [2.75, 3.05) is 11.9 Å². The summed E-state index contributed by atoms with van der Waals surface area (Å²) in [6, 6.07) is 3.15. The highest BCUT2D eigenvalue weighted by Gasteiger charge is 2.08.